The van der Waals surface area contributed by atoms with Crippen LogP contribution in [0, 0.1) is 0 Å². The third kappa shape index (κ3) is 2.26. The van der Waals surface area contributed by atoms with Gasteiger partial charge in [-0.1, -0.05) is 19.9 Å². The van der Waals surface area contributed by atoms with Gasteiger partial charge in [-0.2, -0.15) is 0 Å². The summed E-state index contributed by atoms with van der Waals surface area (Å²) in [6, 6.07) is 8.66. The first-order valence-electron chi connectivity index (χ1n) is 6.23. The second-order valence-corrected chi connectivity index (χ2v) is 4.78. The minimum absolute atomic E-state index is 0.545. The minimum Gasteiger partial charge on any atom is -0.373 e. The van der Waals surface area contributed by atoms with E-state index in [-0.39, 0.29) is 0 Å². The molecule has 17 heavy (non-hydrogen) atoms. The Morgan fingerprint density at radius 3 is 2.71 bits per heavy atom. The van der Waals surface area contributed by atoms with Crippen molar-refractivity contribution in [1.82, 2.24) is 4.98 Å². The van der Waals surface area contributed by atoms with E-state index in [1.807, 2.05) is 12.3 Å². The van der Waals surface area contributed by atoms with Gasteiger partial charge in [0.15, 0.2) is 0 Å². The molecule has 0 bridgehead atoms. The maximum absolute atomic E-state index is 4.51. The number of aromatic nitrogens is 1. The second-order valence-electron chi connectivity index (χ2n) is 4.78. The largest absolute Gasteiger partial charge is 0.373 e. The third-order valence-electron chi connectivity index (χ3n) is 3.26. The van der Waals surface area contributed by atoms with Crippen molar-refractivity contribution in [2.24, 2.45) is 0 Å². The van der Waals surface area contributed by atoms with Crippen molar-refractivity contribution >= 4 is 16.6 Å². The SMILES string of the molecule is CCN(C)c1cc(C(C)C)cc2cccnc12. The molecule has 2 nitrogen and oxygen atoms in total. The van der Waals surface area contributed by atoms with Gasteiger partial charge in [-0.3, -0.25) is 4.98 Å². The van der Waals surface area contributed by atoms with E-state index in [4.69, 9.17) is 0 Å². The number of rotatable bonds is 3. The normalized spacial score (nSPS) is 11.1. The molecule has 0 spiro atoms. The van der Waals surface area contributed by atoms with Gasteiger partial charge in [-0.25, -0.2) is 0 Å². The van der Waals surface area contributed by atoms with Crippen LogP contribution in [0.4, 0.5) is 5.69 Å². The van der Waals surface area contributed by atoms with E-state index in [9.17, 15) is 0 Å². The molecule has 2 aromatic rings. The fraction of sp³-hybridized carbons (Fsp3) is 0.400. The predicted octanol–water partition coefficient (Wildman–Crippen LogP) is 3.81. The summed E-state index contributed by atoms with van der Waals surface area (Å²) in [4.78, 5) is 6.76. The number of benzene rings is 1. The Hall–Kier alpha value is -1.57. The molecular formula is C15H20N2. The van der Waals surface area contributed by atoms with Gasteiger partial charge >= 0.3 is 0 Å². The Balaban J connectivity index is 2.69. The average Bonchev–Trinajstić information content (AvgIpc) is 2.36. The molecule has 90 valence electrons. The van der Waals surface area contributed by atoms with E-state index >= 15 is 0 Å². The highest BCUT2D eigenvalue weighted by Gasteiger charge is 2.09. The van der Waals surface area contributed by atoms with E-state index in [0.29, 0.717) is 5.92 Å². The molecule has 0 aliphatic heterocycles. The van der Waals surface area contributed by atoms with Gasteiger partial charge in [-0.05, 0) is 36.6 Å². The van der Waals surface area contributed by atoms with Gasteiger partial charge in [0.2, 0.25) is 0 Å². The fourth-order valence-corrected chi connectivity index (χ4v) is 1.99. The molecule has 0 saturated heterocycles. The highest BCUT2D eigenvalue weighted by Crippen LogP contribution is 2.29. The average molecular weight is 228 g/mol. The molecule has 2 rings (SSSR count). The summed E-state index contributed by atoms with van der Waals surface area (Å²) in [7, 11) is 2.12. The summed E-state index contributed by atoms with van der Waals surface area (Å²) in [5.41, 5.74) is 3.70. The first kappa shape index (κ1) is 11.9. The zero-order valence-electron chi connectivity index (χ0n) is 11.1. The smallest absolute Gasteiger partial charge is 0.0935 e. The molecule has 0 fully saturated rings. The zero-order chi connectivity index (χ0) is 12.4. The number of hydrogen-bond acceptors (Lipinski definition) is 2. The lowest BCUT2D eigenvalue weighted by Gasteiger charge is -2.20. The Morgan fingerprint density at radius 2 is 2.06 bits per heavy atom. The van der Waals surface area contributed by atoms with Gasteiger partial charge in [-0.15, -0.1) is 0 Å². The molecule has 0 atom stereocenters. The molecule has 0 aliphatic carbocycles. The van der Waals surface area contributed by atoms with Crippen molar-refractivity contribution in [1.29, 1.82) is 0 Å². The van der Waals surface area contributed by atoms with E-state index in [0.717, 1.165) is 12.1 Å². The molecule has 2 heteroatoms. The predicted molar refractivity (Wildman–Crippen MR) is 74.8 cm³/mol. The van der Waals surface area contributed by atoms with Crippen molar-refractivity contribution in [3.8, 4) is 0 Å². The summed E-state index contributed by atoms with van der Waals surface area (Å²) in [5, 5.41) is 1.23. The van der Waals surface area contributed by atoms with Crippen molar-refractivity contribution in [2.75, 3.05) is 18.5 Å². The lowest BCUT2D eigenvalue weighted by Crippen LogP contribution is -2.16. The molecule has 1 aromatic heterocycles. The van der Waals surface area contributed by atoms with Gasteiger partial charge in [0.25, 0.3) is 0 Å². The molecule has 0 saturated carbocycles. The number of hydrogen-bond donors (Lipinski definition) is 0. The molecule has 1 heterocycles. The Bertz CT molecular complexity index is 517. The van der Waals surface area contributed by atoms with Crippen molar-refractivity contribution in [2.45, 2.75) is 26.7 Å². The Labute approximate surface area is 103 Å². The van der Waals surface area contributed by atoms with Crippen molar-refractivity contribution in [3.63, 3.8) is 0 Å². The first-order valence-corrected chi connectivity index (χ1v) is 6.23. The zero-order valence-corrected chi connectivity index (χ0v) is 11.1. The van der Waals surface area contributed by atoms with Gasteiger partial charge < -0.3 is 4.90 Å². The number of fused-ring (bicyclic) bond motifs is 1. The molecule has 1 aromatic carbocycles. The van der Waals surface area contributed by atoms with Crippen LogP contribution in [0.15, 0.2) is 30.5 Å². The monoisotopic (exact) mass is 228 g/mol. The minimum atomic E-state index is 0.545. The number of anilines is 1. The molecule has 0 amide bonds. The van der Waals surface area contributed by atoms with E-state index < -0.39 is 0 Å². The van der Waals surface area contributed by atoms with Crippen LogP contribution in [0.5, 0.6) is 0 Å². The van der Waals surface area contributed by atoms with Gasteiger partial charge in [0.1, 0.15) is 0 Å². The Morgan fingerprint density at radius 1 is 1.29 bits per heavy atom. The number of nitrogens with zero attached hydrogens (tertiary/aromatic N) is 2. The fourth-order valence-electron chi connectivity index (χ4n) is 1.99. The van der Waals surface area contributed by atoms with Crippen molar-refractivity contribution in [3.05, 3.63) is 36.0 Å². The van der Waals surface area contributed by atoms with Crippen LogP contribution in [0.3, 0.4) is 0 Å². The molecule has 0 radical (unpaired) electrons. The number of pyridine rings is 1. The molecular weight excluding hydrogens is 208 g/mol. The quantitative estimate of drug-likeness (QED) is 0.794. The standard InChI is InChI=1S/C15H20N2/c1-5-17(4)14-10-13(11(2)3)9-12-7-6-8-16-15(12)14/h6-11H,5H2,1-4H3. The highest BCUT2D eigenvalue weighted by molar-refractivity contribution is 5.91. The van der Waals surface area contributed by atoms with Crippen LogP contribution in [0.25, 0.3) is 10.9 Å². The van der Waals surface area contributed by atoms with E-state index in [1.54, 1.807) is 0 Å². The maximum atomic E-state index is 4.51. The summed E-state index contributed by atoms with van der Waals surface area (Å²) in [6.07, 6.45) is 1.87. The van der Waals surface area contributed by atoms with Crippen LogP contribution < -0.4 is 4.90 Å². The highest BCUT2D eigenvalue weighted by atomic mass is 15.1. The lowest BCUT2D eigenvalue weighted by molar-refractivity contribution is 0.865. The Kier molecular flexibility index (Phi) is 3.32. The first-order chi connectivity index (χ1) is 8.13. The topological polar surface area (TPSA) is 16.1 Å². The summed E-state index contributed by atoms with van der Waals surface area (Å²) >= 11 is 0. The van der Waals surface area contributed by atoms with Gasteiger partial charge in [0, 0.05) is 25.2 Å². The molecule has 0 unspecified atom stereocenters. The summed E-state index contributed by atoms with van der Waals surface area (Å²) in [5.74, 6) is 0.545. The van der Waals surface area contributed by atoms with E-state index in [1.165, 1.54) is 16.6 Å². The summed E-state index contributed by atoms with van der Waals surface area (Å²) < 4.78 is 0. The van der Waals surface area contributed by atoms with Gasteiger partial charge in [0.05, 0.1) is 11.2 Å². The van der Waals surface area contributed by atoms with Crippen LogP contribution in [-0.2, 0) is 0 Å². The van der Waals surface area contributed by atoms with Crippen LogP contribution in [0.1, 0.15) is 32.3 Å². The van der Waals surface area contributed by atoms with E-state index in [2.05, 4.69) is 55.9 Å². The lowest BCUT2D eigenvalue weighted by atomic mass is 9.99. The van der Waals surface area contributed by atoms with Crippen LogP contribution in [0.2, 0.25) is 0 Å². The summed E-state index contributed by atoms with van der Waals surface area (Å²) in [6.45, 7) is 7.62. The maximum Gasteiger partial charge on any atom is 0.0935 e. The van der Waals surface area contributed by atoms with Crippen LogP contribution in [-0.4, -0.2) is 18.6 Å². The van der Waals surface area contributed by atoms with Crippen molar-refractivity contribution < 1.29 is 0 Å². The second kappa shape index (κ2) is 4.74. The molecule has 0 aliphatic rings. The van der Waals surface area contributed by atoms with Crippen LogP contribution >= 0.6 is 0 Å². The molecule has 0 N–H and O–H groups in total. The third-order valence-corrected chi connectivity index (χ3v) is 3.26.